The van der Waals surface area contributed by atoms with Gasteiger partial charge >= 0.3 is 6.18 Å². The molecule has 0 aromatic carbocycles. The van der Waals surface area contributed by atoms with E-state index in [1.807, 2.05) is 6.92 Å². The maximum atomic E-state index is 12.6. The second kappa shape index (κ2) is 4.03. The van der Waals surface area contributed by atoms with Gasteiger partial charge in [-0.15, -0.1) is 11.3 Å². The molecule has 17 heavy (non-hydrogen) atoms. The number of aryl methyl sites for hydroxylation is 1. The van der Waals surface area contributed by atoms with Crippen LogP contribution in [0.5, 0.6) is 0 Å². The van der Waals surface area contributed by atoms with E-state index in [0.29, 0.717) is 5.56 Å². The van der Waals surface area contributed by atoms with Crippen molar-refractivity contribution in [2.75, 3.05) is 5.73 Å². The van der Waals surface area contributed by atoms with Gasteiger partial charge in [-0.25, -0.2) is 4.98 Å². The number of nitrogen functional groups attached to an aromatic ring is 1. The highest BCUT2D eigenvalue weighted by atomic mass is 32.1. The quantitative estimate of drug-likeness (QED) is 0.846. The van der Waals surface area contributed by atoms with Crippen molar-refractivity contribution in [1.29, 1.82) is 0 Å². The number of anilines is 1. The Labute approximate surface area is 99.9 Å². The van der Waals surface area contributed by atoms with Gasteiger partial charge in [0, 0.05) is 15.8 Å². The summed E-state index contributed by atoms with van der Waals surface area (Å²) in [6.07, 6.45) is -4.41. The summed E-state index contributed by atoms with van der Waals surface area (Å²) in [7, 11) is 0. The fourth-order valence-corrected chi connectivity index (χ4v) is 2.14. The van der Waals surface area contributed by atoms with Crippen LogP contribution in [-0.4, -0.2) is 4.98 Å². The van der Waals surface area contributed by atoms with Crippen molar-refractivity contribution in [1.82, 2.24) is 4.98 Å². The smallest absolute Gasteiger partial charge is 0.384 e. The average molecular weight is 258 g/mol. The van der Waals surface area contributed by atoms with E-state index in [2.05, 4.69) is 4.98 Å². The molecule has 2 heterocycles. The van der Waals surface area contributed by atoms with Gasteiger partial charge in [0.15, 0.2) is 0 Å². The number of rotatable bonds is 1. The third-order valence-corrected chi connectivity index (χ3v) is 3.06. The Morgan fingerprint density at radius 2 is 1.94 bits per heavy atom. The van der Waals surface area contributed by atoms with Crippen LogP contribution in [0, 0.1) is 6.92 Å². The van der Waals surface area contributed by atoms with Crippen LogP contribution < -0.4 is 5.73 Å². The van der Waals surface area contributed by atoms with Gasteiger partial charge in [0.25, 0.3) is 0 Å². The van der Waals surface area contributed by atoms with Crippen LogP contribution in [0.15, 0.2) is 23.6 Å². The molecule has 2 N–H and O–H groups in total. The zero-order valence-corrected chi connectivity index (χ0v) is 9.69. The minimum atomic E-state index is -4.41. The molecule has 0 saturated heterocycles. The summed E-state index contributed by atoms with van der Waals surface area (Å²) in [5.74, 6) is -0.126. The summed E-state index contributed by atoms with van der Waals surface area (Å²) < 4.78 is 37.8. The van der Waals surface area contributed by atoms with Gasteiger partial charge in [-0.05, 0) is 25.1 Å². The fraction of sp³-hybridized carbons (Fsp3) is 0.182. The molecule has 0 unspecified atom stereocenters. The lowest BCUT2D eigenvalue weighted by atomic mass is 10.1. The SMILES string of the molecule is Cc1cc(-c2cc(C(F)(F)F)cc(N)n2)cs1. The molecule has 90 valence electrons. The summed E-state index contributed by atoms with van der Waals surface area (Å²) in [5, 5.41) is 1.76. The topological polar surface area (TPSA) is 38.9 Å². The fourth-order valence-electron chi connectivity index (χ4n) is 1.44. The first-order valence-corrected chi connectivity index (χ1v) is 5.64. The van der Waals surface area contributed by atoms with Gasteiger partial charge in [0.2, 0.25) is 0 Å². The van der Waals surface area contributed by atoms with E-state index in [0.717, 1.165) is 17.0 Å². The Morgan fingerprint density at radius 3 is 2.47 bits per heavy atom. The molecule has 0 amide bonds. The normalized spacial score (nSPS) is 11.8. The minimum Gasteiger partial charge on any atom is -0.384 e. The molecule has 0 radical (unpaired) electrons. The molecule has 0 aliphatic rings. The number of hydrogen-bond acceptors (Lipinski definition) is 3. The maximum Gasteiger partial charge on any atom is 0.416 e. The number of hydrogen-bond donors (Lipinski definition) is 1. The predicted molar refractivity (Wildman–Crippen MR) is 61.7 cm³/mol. The molecule has 2 aromatic heterocycles. The molecule has 0 bridgehead atoms. The second-order valence-corrected chi connectivity index (χ2v) is 4.73. The van der Waals surface area contributed by atoms with E-state index in [1.165, 1.54) is 11.3 Å². The van der Waals surface area contributed by atoms with Crippen LogP contribution in [-0.2, 0) is 6.18 Å². The predicted octanol–water partition coefficient (Wildman–Crippen LogP) is 3.72. The van der Waals surface area contributed by atoms with Crippen molar-refractivity contribution in [3.8, 4) is 11.3 Å². The van der Waals surface area contributed by atoms with Crippen molar-refractivity contribution < 1.29 is 13.2 Å². The number of nitrogens with zero attached hydrogens (tertiary/aromatic N) is 1. The van der Waals surface area contributed by atoms with Crippen LogP contribution in [0.4, 0.5) is 19.0 Å². The monoisotopic (exact) mass is 258 g/mol. The summed E-state index contributed by atoms with van der Waals surface area (Å²) in [5.41, 5.74) is 5.53. The zero-order chi connectivity index (χ0) is 12.6. The summed E-state index contributed by atoms with van der Waals surface area (Å²) in [6.45, 7) is 1.88. The van der Waals surface area contributed by atoms with E-state index in [4.69, 9.17) is 5.73 Å². The lowest BCUT2D eigenvalue weighted by molar-refractivity contribution is -0.137. The maximum absolute atomic E-state index is 12.6. The molecule has 0 aliphatic heterocycles. The van der Waals surface area contributed by atoms with Crippen LogP contribution in [0.2, 0.25) is 0 Å². The van der Waals surface area contributed by atoms with E-state index >= 15 is 0 Å². The largest absolute Gasteiger partial charge is 0.416 e. The van der Waals surface area contributed by atoms with Crippen molar-refractivity contribution in [3.05, 3.63) is 34.0 Å². The number of thiophene rings is 1. The minimum absolute atomic E-state index is 0.126. The highest BCUT2D eigenvalue weighted by Crippen LogP contribution is 2.33. The number of aromatic nitrogens is 1. The average Bonchev–Trinajstić information content (AvgIpc) is 2.62. The Morgan fingerprint density at radius 1 is 1.24 bits per heavy atom. The Balaban J connectivity index is 2.52. The lowest BCUT2D eigenvalue weighted by Gasteiger charge is -2.08. The van der Waals surface area contributed by atoms with E-state index < -0.39 is 11.7 Å². The Kier molecular flexibility index (Phi) is 2.82. The number of pyridine rings is 1. The zero-order valence-electron chi connectivity index (χ0n) is 8.88. The molecule has 0 atom stereocenters. The van der Waals surface area contributed by atoms with Crippen LogP contribution >= 0.6 is 11.3 Å². The first-order chi connectivity index (χ1) is 7.86. The van der Waals surface area contributed by atoms with Crippen molar-refractivity contribution in [3.63, 3.8) is 0 Å². The molecule has 0 fully saturated rings. The van der Waals surface area contributed by atoms with Crippen molar-refractivity contribution >= 4 is 17.2 Å². The Bertz CT molecular complexity index is 546. The van der Waals surface area contributed by atoms with E-state index in [9.17, 15) is 13.2 Å². The lowest BCUT2D eigenvalue weighted by Crippen LogP contribution is -2.07. The molecule has 2 rings (SSSR count). The molecular weight excluding hydrogens is 249 g/mol. The standard InChI is InChI=1S/C11H9F3N2S/c1-6-2-7(5-17-6)9-3-8(11(12,13)14)4-10(15)16-9/h2-5H,1H3,(H2,15,16). The highest BCUT2D eigenvalue weighted by molar-refractivity contribution is 7.10. The number of nitrogens with two attached hydrogens (primary N) is 1. The van der Waals surface area contributed by atoms with Gasteiger partial charge in [-0.1, -0.05) is 0 Å². The number of halogens is 3. The molecule has 0 aliphatic carbocycles. The van der Waals surface area contributed by atoms with Crippen LogP contribution in [0.3, 0.4) is 0 Å². The van der Waals surface area contributed by atoms with Crippen LogP contribution in [0.1, 0.15) is 10.4 Å². The van der Waals surface area contributed by atoms with Crippen LogP contribution in [0.25, 0.3) is 11.3 Å². The molecule has 6 heteroatoms. The number of alkyl halides is 3. The van der Waals surface area contributed by atoms with Gasteiger partial charge in [0.1, 0.15) is 5.82 Å². The van der Waals surface area contributed by atoms with Gasteiger partial charge < -0.3 is 5.73 Å². The third-order valence-electron chi connectivity index (χ3n) is 2.20. The Hall–Kier alpha value is -1.56. The summed E-state index contributed by atoms with van der Waals surface area (Å²) in [6, 6.07) is 3.63. The molecule has 0 saturated carbocycles. The van der Waals surface area contributed by atoms with Gasteiger partial charge in [-0.2, -0.15) is 13.2 Å². The van der Waals surface area contributed by atoms with Gasteiger partial charge in [0.05, 0.1) is 11.3 Å². The van der Waals surface area contributed by atoms with E-state index in [1.54, 1.807) is 11.4 Å². The summed E-state index contributed by atoms with van der Waals surface area (Å²) >= 11 is 1.46. The third kappa shape index (κ3) is 2.58. The molecule has 2 aromatic rings. The van der Waals surface area contributed by atoms with Crippen molar-refractivity contribution in [2.45, 2.75) is 13.1 Å². The summed E-state index contributed by atoms with van der Waals surface area (Å²) in [4.78, 5) is 4.93. The molecular formula is C11H9F3N2S. The van der Waals surface area contributed by atoms with Gasteiger partial charge in [-0.3, -0.25) is 0 Å². The van der Waals surface area contributed by atoms with Crippen molar-refractivity contribution in [2.24, 2.45) is 0 Å². The first kappa shape index (κ1) is 11.9. The first-order valence-electron chi connectivity index (χ1n) is 4.76. The highest BCUT2D eigenvalue weighted by Gasteiger charge is 2.31. The molecule has 2 nitrogen and oxygen atoms in total. The van der Waals surface area contributed by atoms with E-state index in [-0.39, 0.29) is 11.5 Å². The second-order valence-electron chi connectivity index (χ2n) is 3.61. The molecule has 0 spiro atoms.